The van der Waals surface area contributed by atoms with Gasteiger partial charge >= 0.3 is 0 Å². The summed E-state index contributed by atoms with van der Waals surface area (Å²) < 4.78 is 0. The Labute approximate surface area is 178 Å². The molecule has 4 rings (SSSR count). The molecule has 0 N–H and O–H groups in total. The third-order valence-electron chi connectivity index (χ3n) is 5.20. The molecular weight excluding hydrogens is 368 g/mol. The SMILES string of the molecule is CN(C)c1ccc(-c2ccc(-c3cccnc3)nc2-c2ccc(N(C)C)cc2)cc1. The number of anilines is 2. The van der Waals surface area contributed by atoms with Gasteiger partial charge in [0.05, 0.1) is 11.4 Å². The van der Waals surface area contributed by atoms with E-state index in [0.717, 1.165) is 33.6 Å². The summed E-state index contributed by atoms with van der Waals surface area (Å²) in [7, 11) is 8.20. The highest BCUT2D eigenvalue weighted by Gasteiger charge is 2.12. The van der Waals surface area contributed by atoms with Gasteiger partial charge in [0.15, 0.2) is 0 Å². The number of benzene rings is 2. The van der Waals surface area contributed by atoms with E-state index in [-0.39, 0.29) is 0 Å². The Hall–Kier alpha value is -3.66. The third-order valence-corrected chi connectivity index (χ3v) is 5.20. The first-order chi connectivity index (χ1) is 14.5. The molecule has 0 saturated heterocycles. The summed E-state index contributed by atoms with van der Waals surface area (Å²) in [4.78, 5) is 13.5. The zero-order valence-corrected chi connectivity index (χ0v) is 17.9. The van der Waals surface area contributed by atoms with Gasteiger partial charge in [0.2, 0.25) is 0 Å². The van der Waals surface area contributed by atoms with Crippen LogP contribution in [0.2, 0.25) is 0 Å². The van der Waals surface area contributed by atoms with Crippen LogP contribution in [0.25, 0.3) is 33.6 Å². The van der Waals surface area contributed by atoms with Crippen LogP contribution in [0.1, 0.15) is 0 Å². The van der Waals surface area contributed by atoms with Crippen LogP contribution in [0.15, 0.2) is 85.2 Å². The molecule has 0 saturated carbocycles. The molecule has 0 fully saturated rings. The third kappa shape index (κ3) is 4.03. The van der Waals surface area contributed by atoms with E-state index in [1.165, 1.54) is 11.4 Å². The molecule has 2 aromatic heterocycles. The Kier molecular flexibility index (Phi) is 5.48. The van der Waals surface area contributed by atoms with Gasteiger partial charge in [-0.2, -0.15) is 0 Å². The van der Waals surface area contributed by atoms with Gasteiger partial charge in [-0.25, -0.2) is 4.98 Å². The second-order valence-electron chi connectivity index (χ2n) is 7.72. The molecule has 0 aliphatic carbocycles. The molecule has 0 unspecified atom stereocenters. The predicted octanol–water partition coefficient (Wildman–Crippen LogP) is 5.61. The number of hydrogen-bond acceptors (Lipinski definition) is 4. The molecule has 0 spiro atoms. The van der Waals surface area contributed by atoms with Crippen molar-refractivity contribution in [3.8, 4) is 33.6 Å². The summed E-state index contributed by atoms with van der Waals surface area (Å²) in [6.45, 7) is 0. The van der Waals surface area contributed by atoms with E-state index in [4.69, 9.17) is 4.98 Å². The molecule has 30 heavy (non-hydrogen) atoms. The van der Waals surface area contributed by atoms with Crippen LogP contribution in [0.3, 0.4) is 0 Å². The van der Waals surface area contributed by atoms with E-state index in [0.29, 0.717) is 0 Å². The van der Waals surface area contributed by atoms with Gasteiger partial charge in [0, 0.05) is 68.6 Å². The molecule has 0 aliphatic rings. The minimum absolute atomic E-state index is 0.920. The van der Waals surface area contributed by atoms with Crippen molar-refractivity contribution in [1.29, 1.82) is 0 Å². The van der Waals surface area contributed by atoms with Gasteiger partial charge in [0.1, 0.15) is 0 Å². The number of nitrogens with zero attached hydrogens (tertiary/aromatic N) is 4. The maximum absolute atomic E-state index is 5.06. The van der Waals surface area contributed by atoms with Crippen molar-refractivity contribution in [3.63, 3.8) is 0 Å². The molecular formula is C26H26N4. The predicted molar refractivity (Wildman–Crippen MR) is 127 cm³/mol. The summed E-state index contributed by atoms with van der Waals surface area (Å²) in [6, 6.07) is 25.4. The molecule has 4 heteroatoms. The van der Waals surface area contributed by atoms with Crippen LogP contribution in [0.4, 0.5) is 11.4 Å². The number of rotatable bonds is 5. The quantitative estimate of drug-likeness (QED) is 0.440. The molecule has 2 heterocycles. The van der Waals surface area contributed by atoms with Crippen LogP contribution < -0.4 is 9.80 Å². The summed E-state index contributed by atoms with van der Waals surface area (Å²) in [5, 5.41) is 0. The van der Waals surface area contributed by atoms with Gasteiger partial charge in [-0.15, -0.1) is 0 Å². The van der Waals surface area contributed by atoms with Crippen molar-refractivity contribution in [1.82, 2.24) is 9.97 Å². The van der Waals surface area contributed by atoms with Crippen LogP contribution in [0.5, 0.6) is 0 Å². The van der Waals surface area contributed by atoms with Gasteiger partial charge < -0.3 is 9.80 Å². The van der Waals surface area contributed by atoms with Crippen molar-refractivity contribution >= 4 is 11.4 Å². The maximum Gasteiger partial charge on any atom is 0.0787 e. The van der Waals surface area contributed by atoms with Crippen LogP contribution in [-0.2, 0) is 0 Å². The van der Waals surface area contributed by atoms with E-state index >= 15 is 0 Å². The summed E-state index contributed by atoms with van der Waals surface area (Å²) in [6.07, 6.45) is 3.64. The molecule has 4 nitrogen and oxygen atoms in total. The second kappa shape index (κ2) is 8.37. The molecule has 0 amide bonds. The van der Waals surface area contributed by atoms with E-state index in [2.05, 4.69) is 89.5 Å². The first-order valence-corrected chi connectivity index (χ1v) is 10.00. The summed E-state index contributed by atoms with van der Waals surface area (Å²) in [5.74, 6) is 0. The number of aromatic nitrogens is 2. The lowest BCUT2D eigenvalue weighted by Gasteiger charge is -2.16. The first kappa shape index (κ1) is 19.6. The van der Waals surface area contributed by atoms with Crippen LogP contribution >= 0.6 is 0 Å². The van der Waals surface area contributed by atoms with Gasteiger partial charge in [-0.05, 0) is 48.0 Å². The molecule has 0 bridgehead atoms. The lowest BCUT2D eigenvalue weighted by molar-refractivity contribution is 1.13. The zero-order valence-electron chi connectivity index (χ0n) is 17.9. The maximum atomic E-state index is 5.06. The smallest absolute Gasteiger partial charge is 0.0787 e. The van der Waals surface area contributed by atoms with Crippen molar-refractivity contribution in [2.45, 2.75) is 0 Å². The minimum atomic E-state index is 0.920. The molecule has 4 aromatic rings. The molecule has 0 radical (unpaired) electrons. The van der Waals surface area contributed by atoms with Crippen LogP contribution in [-0.4, -0.2) is 38.2 Å². The van der Waals surface area contributed by atoms with E-state index in [1.54, 1.807) is 6.20 Å². The lowest BCUT2D eigenvalue weighted by Crippen LogP contribution is -2.08. The average Bonchev–Trinajstić information content (AvgIpc) is 2.79. The highest BCUT2D eigenvalue weighted by Crippen LogP contribution is 2.34. The Morgan fingerprint density at radius 1 is 0.600 bits per heavy atom. The number of pyridine rings is 2. The first-order valence-electron chi connectivity index (χ1n) is 10.00. The van der Waals surface area contributed by atoms with Crippen molar-refractivity contribution < 1.29 is 0 Å². The fourth-order valence-corrected chi connectivity index (χ4v) is 3.44. The molecule has 0 aliphatic heterocycles. The monoisotopic (exact) mass is 394 g/mol. The Morgan fingerprint density at radius 3 is 1.73 bits per heavy atom. The lowest BCUT2D eigenvalue weighted by atomic mass is 9.97. The van der Waals surface area contributed by atoms with Gasteiger partial charge in [0.25, 0.3) is 0 Å². The largest absolute Gasteiger partial charge is 0.378 e. The summed E-state index contributed by atoms with van der Waals surface area (Å²) in [5.41, 5.74) is 8.61. The topological polar surface area (TPSA) is 32.3 Å². The van der Waals surface area contributed by atoms with Gasteiger partial charge in [-0.1, -0.05) is 30.3 Å². The standard InChI is InChI=1S/C26H26N4/c1-29(2)22-11-7-19(8-12-22)24-15-16-25(21-6-5-17-27-18-21)28-26(24)20-9-13-23(14-10-20)30(3)4/h5-18H,1-4H3. The Morgan fingerprint density at radius 2 is 1.20 bits per heavy atom. The molecule has 150 valence electrons. The highest BCUT2D eigenvalue weighted by atomic mass is 15.1. The van der Waals surface area contributed by atoms with E-state index in [9.17, 15) is 0 Å². The van der Waals surface area contributed by atoms with Crippen molar-refractivity contribution in [3.05, 3.63) is 85.2 Å². The van der Waals surface area contributed by atoms with Gasteiger partial charge in [-0.3, -0.25) is 4.98 Å². The molecule has 0 atom stereocenters. The normalized spacial score (nSPS) is 10.7. The number of hydrogen-bond donors (Lipinski definition) is 0. The fraction of sp³-hybridized carbons (Fsp3) is 0.154. The van der Waals surface area contributed by atoms with Crippen molar-refractivity contribution in [2.24, 2.45) is 0 Å². The Balaban J connectivity index is 1.84. The van der Waals surface area contributed by atoms with E-state index in [1.807, 2.05) is 32.4 Å². The Bertz CT molecular complexity index is 1120. The fourth-order valence-electron chi connectivity index (χ4n) is 3.44. The summed E-state index contributed by atoms with van der Waals surface area (Å²) >= 11 is 0. The van der Waals surface area contributed by atoms with Crippen molar-refractivity contribution in [2.75, 3.05) is 38.0 Å². The second-order valence-corrected chi connectivity index (χ2v) is 7.72. The molecule has 2 aromatic carbocycles. The van der Waals surface area contributed by atoms with Crippen LogP contribution in [0, 0.1) is 0 Å². The van der Waals surface area contributed by atoms with E-state index < -0.39 is 0 Å². The minimum Gasteiger partial charge on any atom is -0.378 e. The highest BCUT2D eigenvalue weighted by molar-refractivity contribution is 5.83. The zero-order chi connectivity index (χ0) is 21.1. The average molecular weight is 395 g/mol.